The number of rotatable bonds is 9. The van der Waals surface area contributed by atoms with E-state index in [-0.39, 0.29) is 44.8 Å². The summed E-state index contributed by atoms with van der Waals surface area (Å²) in [5.74, 6) is 2.54. The normalized spacial score (nSPS) is 9.63. The number of carbonyl (C=O) groups excluding carboxylic acids is 1. The van der Waals surface area contributed by atoms with Gasteiger partial charge in [-0.15, -0.1) is 0 Å². The average Bonchev–Trinajstić information content (AvgIpc) is 3.69. The zero-order chi connectivity index (χ0) is 42.9. The van der Waals surface area contributed by atoms with Crippen molar-refractivity contribution in [1.82, 2.24) is 19.9 Å². The lowest BCUT2D eigenvalue weighted by atomic mass is 10.2. The predicted molar refractivity (Wildman–Crippen MR) is 258 cm³/mol. The monoisotopic (exact) mass is 910 g/mol. The number of imidazole rings is 1. The van der Waals surface area contributed by atoms with Crippen LogP contribution in [0.2, 0.25) is 15.3 Å². The third-order valence-electron chi connectivity index (χ3n) is 8.07. The molecule has 0 saturated heterocycles. The fourth-order valence-corrected chi connectivity index (χ4v) is 5.49. The second-order valence-electron chi connectivity index (χ2n) is 12.4. The highest BCUT2D eigenvalue weighted by atomic mass is 35.5. The number of fused-ring (bicyclic) bond motifs is 1. The van der Waals surface area contributed by atoms with Crippen LogP contribution in [-0.2, 0) is 13.2 Å². The molecule has 0 bridgehead atoms. The molecule has 0 aliphatic rings. The lowest BCUT2D eigenvalue weighted by Crippen LogP contribution is -1.97. The van der Waals surface area contributed by atoms with Gasteiger partial charge in [-0.1, -0.05) is 118 Å². The summed E-state index contributed by atoms with van der Waals surface area (Å²) in [5, 5.41) is 11.4. The van der Waals surface area contributed by atoms with Gasteiger partial charge in [0.25, 0.3) is 0 Å². The van der Waals surface area contributed by atoms with Crippen molar-refractivity contribution in [3.05, 3.63) is 194 Å². The smallest absolute Gasteiger partial charge is 0.311 e. The first-order chi connectivity index (χ1) is 29.0. The number of nitrogens with zero attached hydrogens (tertiary/aromatic N) is 4. The number of aromatic nitrogens is 4. The number of halogens is 3. The van der Waals surface area contributed by atoms with Gasteiger partial charge in [0.05, 0.1) is 21.6 Å². The van der Waals surface area contributed by atoms with E-state index >= 15 is 0 Å². The van der Waals surface area contributed by atoms with Crippen LogP contribution in [0.25, 0.3) is 22.4 Å². The van der Waals surface area contributed by atoms with E-state index in [4.69, 9.17) is 61.5 Å². The number of pyridine rings is 2. The summed E-state index contributed by atoms with van der Waals surface area (Å²) in [4.78, 5) is 35.1. The molecule has 3 aromatic heterocycles. The Hall–Kier alpha value is -7.19. The summed E-state index contributed by atoms with van der Waals surface area (Å²) in [7, 11) is 0. The van der Waals surface area contributed by atoms with Gasteiger partial charge in [-0.2, -0.15) is 0 Å². The Balaban J connectivity index is 0.000000306. The fraction of sp³-hybridized carbons (Fsp3) is 0.106. The summed E-state index contributed by atoms with van der Waals surface area (Å²) in [6.45, 7) is 1.10. The third-order valence-corrected chi connectivity index (χ3v) is 8.73. The van der Waals surface area contributed by atoms with E-state index in [9.17, 15) is 14.9 Å². The number of ether oxygens (including phenoxy) is 2. The SMILES string of the molecule is C.C.C.Clc1ccc2nc(-c3ccc(OCc4ccccc4)cc3)[nH]c2c1.Nc1ccc(Cl)nc1N.Nc1nc(Cl)ccc1[N+](=O)[O-].O=Cc1ccc(OCc2ccccc2)cc1. The van der Waals surface area contributed by atoms with E-state index in [0.29, 0.717) is 34.6 Å². The summed E-state index contributed by atoms with van der Waals surface area (Å²) in [5.41, 5.74) is 21.8. The quantitative estimate of drug-likeness (QED) is 0.0463. The number of nitro groups is 1. The van der Waals surface area contributed by atoms with Crippen molar-refractivity contribution in [1.29, 1.82) is 0 Å². The molecule has 0 aliphatic carbocycles. The molecule has 8 aromatic rings. The van der Waals surface area contributed by atoms with Crippen LogP contribution < -0.4 is 26.7 Å². The minimum atomic E-state index is -0.612. The van der Waals surface area contributed by atoms with E-state index in [1.807, 2.05) is 103 Å². The topological polar surface area (TPSA) is 211 Å². The van der Waals surface area contributed by atoms with E-state index < -0.39 is 4.92 Å². The molecular formula is C47H49Cl3N8O5. The van der Waals surface area contributed by atoms with E-state index in [1.54, 1.807) is 36.4 Å². The minimum Gasteiger partial charge on any atom is -0.489 e. The predicted octanol–water partition coefficient (Wildman–Crippen LogP) is 12.6. The first-order valence-electron chi connectivity index (χ1n) is 17.9. The molecule has 7 N–H and O–H groups in total. The molecule has 13 nitrogen and oxygen atoms in total. The van der Waals surface area contributed by atoms with Crippen molar-refractivity contribution in [2.45, 2.75) is 35.5 Å². The molecule has 16 heteroatoms. The number of carbonyl (C=O) groups is 1. The van der Waals surface area contributed by atoms with Crippen molar-refractivity contribution in [3.8, 4) is 22.9 Å². The standard InChI is InChI=1S/C20H15ClN2O.C14H12O2.C5H4ClN3O2.C5H6ClN3.3CH4/c21-16-8-11-18-19(12-16)23-20(22-18)15-6-9-17(10-7-15)24-13-14-4-2-1-3-5-14;15-10-12-6-8-14(9-7-12)16-11-13-4-2-1-3-5-13;6-4-2-1-3(9(10)11)5(7)8-4;6-4-2-1-3(7)5(8)9-4;;;/h1-12H,13H2,(H,22,23);1-10H,11H2;1-2H,(H2,7,8);1-2H,7H2,(H2,8,9);3*1H4. The van der Waals surface area contributed by atoms with Crippen LogP contribution in [0, 0.1) is 10.1 Å². The number of nitrogens with two attached hydrogens (primary N) is 3. The van der Waals surface area contributed by atoms with Gasteiger partial charge in [0.2, 0.25) is 5.82 Å². The fourth-order valence-electron chi connectivity index (χ4n) is 5.01. The van der Waals surface area contributed by atoms with Crippen molar-refractivity contribution in [2.24, 2.45) is 0 Å². The Kier molecular flexibility index (Phi) is 21.6. The molecule has 328 valence electrons. The lowest BCUT2D eigenvalue weighted by Gasteiger charge is -2.06. The van der Waals surface area contributed by atoms with Crippen molar-refractivity contribution >= 4 is 75.1 Å². The number of anilines is 3. The van der Waals surface area contributed by atoms with Crippen LogP contribution in [0.5, 0.6) is 11.5 Å². The van der Waals surface area contributed by atoms with Crippen LogP contribution in [0.1, 0.15) is 43.8 Å². The molecular weight excluding hydrogens is 863 g/mol. The molecule has 8 rings (SSSR count). The van der Waals surface area contributed by atoms with Gasteiger partial charge in [0, 0.05) is 22.2 Å². The Morgan fingerprint density at radius 3 is 1.60 bits per heavy atom. The molecule has 0 unspecified atom stereocenters. The number of nitrogen functional groups attached to an aromatic ring is 3. The number of aromatic amines is 1. The zero-order valence-electron chi connectivity index (χ0n) is 31.6. The maximum Gasteiger partial charge on any atom is 0.311 e. The Labute approximate surface area is 382 Å². The maximum atomic E-state index is 10.5. The molecule has 0 atom stereocenters. The molecule has 0 spiro atoms. The molecule has 0 fully saturated rings. The Bertz CT molecular complexity index is 2620. The summed E-state index contributed by atoms with van der Waals surface area (Å²) < 4.78 is 11.4. The van der Waals surface area contributed by atoms with Gasteiger partial charge in [0.1, 0.15) is 52.9 Å². The number of hydrogen-bond donors (Lipinski definition) is 4. The molecule has 0 aliphatic heterocycles. The number of H-pyrrole nitrogens is 1. The molecule has 0 radical (unpaired) electrons. The highest BCUT2D eigenvalue weighted by molar-refractivity contribution is 6.31. The number of hydrogen-bond acceptors (Lipinski definition) is 11. The summed E-state index contributed by atoms with van der Waals surface area (Å²) >= 11 is 16.9. The third kappa shape index (κ3) is 16.7. The van der Waals surface area contributed by atoms with Gasteiger partial charge < -0.3 is 31.7 Å². The van der Waals surface area contributed by atoms with Gasteiger partial charge in [0.15, 0.2) is 0 Å². The lowest BCUT2D eigenvalue weighted by molar-refractivity contribution is -0.384. The van der Waals surface area contributed by atoms with Gasteiger partial charge in [-0.3, -0.25) is 14.9 Å². The Morgan fingerprint density at radius 2 is 1.13 bits per heavy atom. The van der Waals surface area contributed by atoms with Gasteiger partial charge in [-0.25, -0.2) is 15.0 Å². The summed E-state index contributed by atoms with van der Waals surface area (Å²) in [6.07, 6.45) is 0.820. The average molecular weight is 912 g/mol. The van der Waals surface area contributed by atoms with Crippen LogP contribution in [-0.4, -0.2) is 31.1 Å². The number of aldehydes is 1. The van der Waals surface area contributed by atoms with Crippen molar-refractivity contribution in [3.63, 3.8) is 0 Å². The second kappa shape index (κ2) is 26.2. The number of nitrogens with one attached hydrogen (secondary N) is 1. The maximum absolute atomic E-state index is 10.5. The molecule has 63 heavy (non-hydrogen) atoms. The van der Waals surface area contributed by atoms with E-state index in [0.717, 1.165) is 51.3 Å². The minimum absolute atomic E-state index is 0. The molecule has 0 amide bonds. The van der Waals surface area contributed by atoms with E-state index in [1.165, 1.54) is 12.1 Å². The highest BCUT2D eigenvalue weighted by Gasteiger charge is 2.11. The largest absolute Gasteiger partial charge is 0.489 e. The van der Waals surface area contributed by atoms with Crippen molar-refractivity contribution < 1.29 is 19.2 Å². The summed E-state index contributed by atoms with van der Waals surface area (Å²) in [6, 6.07) is 46.4. The molecule has 5 aromatic carbocycles. The molecule has 3 heterocycles. The van der Waals surface area contributed by atoms with Crippen LogP contribution >= 0.6 is 34.8 Å². The molecule has 0 saturated carbocycles. The van der Waals surface area contributed by atoms with Gasteiger partial charge in [-0.05, 0) is 96.1 Å². The first kappa shape index (κ1) is 51.9. The zero-order valence-corrected chi connectivity index (χ0v) is 33.9. The Morgan fingerprint density at radius 1 is 0.619 bits per heavy atom. The van der Waals surface area contributed by atoms with Crippen molar-refractivity contribution in [2.75, 3.05) is 17.2 Å². The van der Waals surface area contributed by atoms with E-state index in [2.05, 4.69) is 19.9 Å². The van der Waals surface area contributed by atoms with Crippen LogP contribution in [0.3, 0.4) is 0 Å². The first-order valence-corrected chi connectivity index (χ1v) is 19.0. The highest BCUT2D eigenvalue weighted by Crippen LogP contribution is 2.25. The van der Waals surface area contributed by atoms with Crippen LogP contribution in [0.4, 0.5) is 23.0 Å². The second-order valence-corrected chi connectivity index (χ2v) is 13.6. The van der Waals surface area contributed by atoms with Gasteiger partial charge >= 0.3 is 5.69 Å². The number of benzene rings is 5. The van der Waals surface area contributed by atoms with Crippen LogP contribution in [0.15, 0.2) is 152 Å².